The number of hydrogen-bond donors (Lipinski definition) is 2. The van der Waals surface area contributed by atoms with Crippen molar-refractivity contribution in [3.8, 4) is 0 Å². The fourth-order valence-electron chi connectivity index (χ4n) is 1.50. The lowest BCUT2D eigenvalue weighted by molar-refractivity contribution is -0.133. The smallest absolute Gasteiger partial charge is 0.243 e. The van der Waals surface area contributed by atoms with Gasteiger partial charge >= 0.3 is 0 Å². The molecule has 0 bridgehead atoms. The first-order chi connectivity index (χ1) is 8.88. The van der Waals surface area contributed by atoms with Crippen molar-refractivity contribution < 1.29 is 14.0 Å². The molecule has 0 fully saturated rings. The maximum absolute atomic E-state index is 12.9. The topological polar surface area (TPSA) is 75.4 Å². The lowest BCUT2D eigenvalue weighted by Gasteiger charge is -2.17. The number of nitrogens with one attached hydrogen (secondary N) is 1. The minimum absolute atomic E-state index is 0.0952. The highest BCUT2D eigenvalue weighted by Gasteiger charge is 2.14. The molecule has 0 aromatic heterocycles. The van der Waals surface area contributed by atoms with Crippen LogP contribution in [0.15, 0.2) is 24.3 Å². The number of carbonyl (C=O) groups excluding carboxylic acids is 2. The molecule has 0 aliphatic heterocycles. The molecular formula is C13H18FN3O2. The van der Waals surface area contributed by atoms with E-state index in [0.717, 1.165) is 0 Å². The number of anilines is 1. The molecular weight excluding hydrogens is 249 g/mol. The van der Waals surface area contributed by atoms with Gasteiger partial charge in [-0.1, -0.05) is 6.07 Å². The van der Waals surface area contributed by atoms with Crippen LogP contribution in [0.5, 0.6) is 0 Å². The molecule has 5 nitrogen and oxygen atoms in total. The van der Waals surface area contributed by atoms with Crippen LogP contribution >= 0.6 is 0 Å². The highest BCUT2D eigenvalue weighted by atomic mass is 19.1. The number of likely N-dealkylation sites (N-methyl/N-ethyl adjacent to an activating group) is 1. The molecule has 0 saturated carbocycles. The van der Waals surface area contributed by atoms with Crippen LogP contribution in [-0.2, 0) is 9.59 Å². The second-order valence-electron chi connectivity index (χ2n) is 4.49. The highest BCUT2D eigenvalue weighted by Crippen LogP contribution is 2.08. The van der Waals surface area contributed by atoms with E-state index in [0.29, 0.717) is 5.69 Å². The van der Waals surface area contributed by atoms with E-state index in [9.17, 15) is 14.0 Å². The summed E-state index contributed by atoms with van der Waals surface area (Å²) in [4.78, 5) is 24.6. The zero-order valence-electron chi connectivity index (χ0n) is 11.0. The van der Waals surface area contributed by atoms with Crippen molar-refractivity contribution in [3.63, 3.8) is 0 Å². The zero-order chi connectivity index (χ0) is 14.4. The van der Waals surface area contributed by atoms with Crippen molar-refractivity contribution in [1.29, 1.82) is 0 Å². The van der Waals surface area contributed by atoms with Gasteiger partial charge in [-0.25, -0.2) is 4.39 Å². The standard InChI is InChI=1S/C13H18FN3O2/c1-9(15)6-13(19)17(2)8-12(18)16-11-5-3-4-10(14)7-11/h3-5,7,9H,6,8,15H2,1-2H3,(H,16,18). The number of carbonyl (C=O) groups is 2. The molecule has 0 aliphatic rings. The van der Waals surface area contributed by atoms with Crippen LogP contribution in [0.2, 0.25) is 0 Å². The molecule has 1 aromatic carbocycles. The summed E-state index contributed by atoms with van der Waals surface area (Å²) < 4.78 is 12.9. The molecule has 0 aliphatic carbocycles. The Morgan fingerprint density at radius 2 is 2.16 bits per heavy atom. The van der Waals surface area contributed by atoms with Crippen LogP contribution in [0.1, 0.15) is 13.3 Å². The third-order valence-electron chi connectivity index (χ3n) is 2.41. The first-order valence-corrected chi connectivity index (χ1v) is 5.93. The number of halogens is 1. The van der Waals surface area contributed by atoms with Gasteiger partial charge in [0.2, 0.25) is 11.8 Å². The summed E-state index contributed by atoms with van der Waals surface area (Å²) in [6.07, 6.45) is 0.184. The van der Waals surface area contributed by atoms with Crippen LogP contribution < -0.4 is 11.1 Å². The summed E-state index contributed by atoms with van der Waals surface area (Å²) in [5.74, 6) is -1.02. The van der Waals surface area contributed by atoms with Gasteiger partial charge < -0.3 is 16.0 Å². The van der Waals surface area contributed by atoms with Crippen molar-refractivity contribution in [2.24, 2.45) is 5.73 Å². The van der Waals surface area contributed by atoms with Gasteiger partial charge in [0.05, 0.1) is 6.54 Å². The molecule has 19 heavy (non-hydrogen) atoms. The summed E-state index contributed by atoms with van der Waals surface area (Å²) in [5, 5.41) is 2.52. The van der Waals surface area contributed by atoms with E-state index in [2.05, 4.69) is 5.32 Å². The Kier molecular flexibility index (Phi) is 5.44. The number of nitrogens with two attached hydrogens (primary N) is 1. The lowest BCUT2D eigenvalue weighted by Crippen LogP contribution is -2.37. The minimum atomic E-state index is -0.431. The Bertz CT molecular complexity index is 463. The largest absolute Gasteiger partial charge is 0.336 e. The van der Waals surface area contributed by atoms with Crippen molar-refractivity contribution >= 4 is 17.5 Å². The molecule has 0 saturated heterocycles. The summed E-state index contributed by atoms with van der Waals surface area (Å²) in [5.41, 5.74) is 5.87. The minimum Gasteiger partial charge on any atom is -0.336 e. The van der Waals surface area contributed by atoms with Crippen LogP contribution in [0.3, 0.4) is 0 Å². The molecule has 2 amide bonds. The molecule has 0 spiro atoms. The van der Waals surface area contributed by atoms with Gasteiger partial charge in [-0.05, 0) is 25.1 Å². The number of benzene rings is 1. The van der Waals surface area contributed by atoms with E-state index in [1.165, 1.54) is 30.1 Å². The van der Waals surface area contributed by atoms with Gasteiger partial charge in [-0.15, -0.1) is 0 Å². The monoisotopic (exact) mass is 267 g/mol. The van der Waals surface area contributed by atoms with Gasteiger partial charge in [-0.2, -0.15) is 0 Å². The van der Waals surface area contributed by atoms with Crippen molar-refractivity contribution in [3.05, 3.63) is 30.1 Å². The molecule has 0 heterocycles. The quantitative estimate of drug-likeness (QED) is 0.834. The summed E-state index contributed by atoms with van der Waals surface area (Å²) in [6.45, 7) is 1.63. The van der Waals surface area contributed by atoms with E-state index in [1.54, 1.807) is 13.0 Å². The summed E-state index contributed by atoms with van der Waals surface area (Å²) >= 11 is 0. The third-order valence-corrected chi connectivity index (χ3v) is 2.41. The first-order valence-electron chi connectivity index (χ1n) is 5.93. The maximum Gasteiger partial charge on any atom is 0.243 e. The van der Waals surface area contributed by atoms with Crippen LogP contribution in [0, 0.1) is 5.82 Å². The van der Waals surface area contributed by atoms with Crippen molar-refractivity contribution in [2.75, 3.05) is 18.9 Å². The molecule has 6 heteroatoms. The van der Waals surface area contributed by atoms with E-state index < -0.39 is 5.82 Å². The fourth-order valence-corrected chi connectivity index (χ4v) is 1.50. The Morgan fingerprint density at radius 3 is 2.74 bits per heavy atom. The van der Waals surface area contributed by atoms with Crippen LogP contribution in [-0.4, -0.2) is 36.3 Å². The Morgan fingerprint density at radius 1 is 1.47 bits per heavy atom. The maximum atomic E-state index is 12.9. The van der Waals surface area contributed by atoms with E-state index in [4.69, 9.17) is 5.73 Å². The lowest BCUT2D eigenvalue weighted by atomic mass is 10.2. The normalized spacial score (nSPS) is 11.8. The predicted octanol–water partition coefficient (Wildman–Crippen LogP) is 0.960. The average molecular weight is 267 g/mol. The molecule has 104 valence electrons. The molecule has 1 aromatic rings. The van der Waals surface area contributed by atoms with E-state index in [-0.39, 0.29) is 30.8 Å². The second kappa shape index (κ2) is 6.84. The van der Waals surface area contributed by atoms with Crippen LogP contribution in [0.4, 0.5) is 10.1 Å². The molecule has 1 rings (SSSR count). The SMILES string of the molecule is CC(N)CC(=O)N(C)CC(=O)Nc1cccc(F)c1. The van der Waals surface area contributed by atoms with Gasteiger partial charge in [-0.3, -0.25) is 9.59 Å². The van der Waals surface area contributed by atoms with E-state index >= 15 is 0 Å². The number of rotatable bonds is 5. The number of nitrogens with zero attached hydrogens (tertiary/aromatic N) is 1. The van der Waals surface area contributed by atoms with Crippen LogP contribution in [0.25, 0.3) is 0 Å². The second-order valence-corrected chi connectivity index (χ2v) is 4.49. The van der Waals surface area contributed by atoms with Gasteiger partial charge in [0.1, 0.15) is 5.82 Å². The van der Waals surface area contributed by atoms with Gasteiger partial charge in [0.15, 0.2) is 0 Å². The number of hydrogen-bond acceptors (Lipinski definition) is 3. The molecule has 1 unspecified atom stereocenters. The van der Waals surface area contributed by atoms with E-state index in [1.807, 2.05) is 0 Å². The summed E-state index contributed by atoms with van der Waals surface area (Å²) in [7, 11) is 1.52. The van der Waals surface area contributed by atoms with Gasteiger partial charge in [0, 0.05) is 25.2 Å². The number of amides is 2. The van der Waals surface area contributed by atoms with Crippen molar-refractivity contribution in [2.45, 2.75) is 19.4 Å². The highest BCUT2D eigenvalue weighted by molar-refractivity contribution is 5.94. The fraction of sp³-hybridized carbons (Fsp3) is 0.385. The molecule has 0 radical (unpaired) electrons. The average Bonchev–Trinajstić information content (AvgIpc) is 2.27. The third kappa shape index (κ3) is 5.48. The Hall–Kier alpha value is -1.95. The predicted molar refractivity (Wildman–Crippen MR) is 70.9 cm³/mol. The van der Waals surface area contributed by atoms with Gasteiger partial charge in [0.25, 0.3) is 0 Å². The Balaban J connectivity index is 2.49. The van der Waals surface area contributed by atoms with Crippen molar-refractivity contribution in [1.82, 2.24) is 4.90 Å². The zero-order valence-corrected chi connectivity index (χ0v) is 11.0. The molecule has 1 atom stereocenters. The first kappa shape index (κ1) is 15.1. The molecule has 3 N–H and O–H groups in total. The Labute approximate surface area is 111 Å². The summed E-state index contributed by atoms with van der Waals surface area (Å²) in [6, 6.07) is 5.32.